The van der Waals surface area contributed by atoms with Crippen LogP contribution in [0.4, 0.5) is 0 Å². The van der Waals surface area contributed by atoms with E-state index in [1.54, 1.807) is 0 Å². The highest BCUT2D eigenvalue weighted by Crippen LogP contribution is 2.29. The first kappa shape index (κ1) is 15.5. The van der Waals surface area contributed by atoms with E-state index >= 15 is 0 Å². The lowest BCUT2D eigenvalue weighted by Crippen LogP contribution is -2.36. The number of hydrogen-bond acceptors (Lipinski definition) is 2. The Balaban J connectivity index is 2.05. The highest BCUT2D eigenvalue weighted by Gasteiger charge is 2.22. The number of hydrogen-bond donors (Lipinski definition) is 2. The van der Waals surface area contributed by atoms with Crippen LogP contribution in [-0.4, -0.2) is 25.0 Å². The van der Waals surface area contributed by atoms with Gasteiger partial charge >= 0.3 is 0 Å². The fraction of sp³-hybridized carbons (Fsp3) is 0.933. The van der Waals surface area contributed by atoms with Gasteiger partial charge in [0.1, 0.15) is 0 Å². The minimum absolute atomic E-state index is 0.181. The summed E-state index contributed by atoms with van der Waals surface area (Å²) in [5.41, 5.74) is 0. The zero-order chi connectivity index (χ0) is 13.4. The second-order valence-electron chi connectivity index (χ2n) is 5.91. The van der Waals surface area contributed by atoms with E-state index in [-0.39, 0.29) is 5.91 Å². The van der Waals surface area contributed by atoms with E-state index < -0.39 is 0 Å². The van der Waals surface area contributed by atoms with Gasteiger partial charge in [0.15, 0.2) is 0 Å². The molecule has 1 saturated carbocycles. The molecule has 0 atom stereocenters. The quantitative estimate of drug-likeness (QED) is 0.733. The molecule has 0 spiro atoms. The third kappa shape index (κ3) is 5.85. The first-order valence-corrected chi connectivity index (χ1v) is 7.63. The van der Waals surface area contributed by atoms with Crippen molar-refractivity contribution < 1.29 is 4.79 Å². The Hall–Kier alpha value is -0.570. The Morgan fingerprint density at radius 3 is 2.39 bits per heavy atom. The maximum absolute atomic E-state index is 11.4. The van der Waals surface area contributed by atoms with Gasteiger partial charge in [-0.3, -0.25) is 4.79 Å². The van der Waals surface area contributed by atoms with Crippen molar-refractivity contribution in [1.82, 2.24) is 10.6 Å². The summed E-state index contributed by atoms with van der Waals surface area (Å²) in [5.74, 6) is 1.92. The first-order chi connectivity index (χ1) is 8.63. The molecule has 106 valence electrons. The molecule has 0 aliphatic heterocycles. The molecule has 0 heterocycles. The standard InChI is InChI=1S/C15H30N2O/c1-4-10-17-15(18)9-11-16-14-7-5-13(6-8-14)12(2)3/h12-14,16H,4-11H2,1-3H3,(H,17,18). The van der Waals surface area contributed by atoms with E-state index in [2.05, 4.69) is 31.4 Å². The third-order valence-electron chi connectivity index (χ3n) is 4.07. The van der Waals surface area contributed by atoms with Crippen LogP contribution in [0.1, 0.15) is 59.3 Å². The van der Waals surface area contributed by atoms with E-state index in [9.17, 15) is 4.79 Å². The van der Waals surface area contributed by atoms with Gasteiger partial charge < -0.3 is 10.6 Å². The minimum Gasteiger partial charge on any atom is -0.356 e. The van der Waals surface area contributed by atoms with Gasteiger partial charge in [-0.15, -0.1) is 0 Å². The SMILES string of the molecule is CCCNC(=O)CCNC1CCC(C(C)C)CC1. The summed E-state index contributed by atoms with van der Waals surface area (Å²) in [4.78, 5) is 11.4. The average molecular weight is 254 g/mol. The number of rotatable bonds is 7. The van der Waals surface area contributed by atoms with E-state index in [0.717, 1.165) is 31.3 Å². The van der Waals surface area contributed by atoms with Crippen LogP contribution in [0.5, 0.6) is 0 Å². The Bertz CT molecular complexity index is 233. The Kier molecular flexibility index (Phi) is 7.33. The fourth-order valence-electron chi connectivity index (χ4n) is 2.73. The largest absolute Gasteiger partial charge is 0.356 e. The number of carbonyl (C=O) groups excluding carboxylic acids is 1. The van der Waals surface area contributed by atoms with Gasteiger partial charge in [0.25, 0.3) is 0 Å². The van der Waals surface area contributed by atoms with Crippen LogP contribution in [0, 0.1) is 11.8 Å². The van der Waals surface area contributed by atoms with Crippen molar-refractivity contribution in [3.63, 3.8) is 0 Å². The molecule has 3 nitrogen and oxygen atoms in total. The van der Waals surface area contributed by atoms with Crippen LogP contribution in [0.25, 0.3) is 0 Å². The van der Waals surface area contributed by atoms with Gasteiger partial charge in [-0.2, -0.15) is 0 Å². The van der Waals surface area contributed by atoms with Crippen molar-refractivity contribution in [3.05, 3.63) is 0 Å². The predicted molar refractivity (Wildman–Crippen MR) is 76.5 cm³/mol. The maximum Gasteiger partial charge on any atom is 0.221 e. The van der Waals surface area contributed by atoms with E-state index in [1.165, 1.54) is 25.7 Å². The van der Waals surface area contributed by atoms with Crippen LogP contribution in [-0.2, 0) is 4.79 Å². The van der Waals surface area contributed by atoms with Gasteiger partial charge in [-0.1, -0.05) is 20.8 Å². The Morgan fingerprint density at radius 2 is 1.83 bits per heavy atom. The lowest BCUT2D eigenvalue weighted by Gasteiger charge is -2.31. The van der Waals surface area contributed by atoms with Crippen molar-refractivity contribution in [2.24, 2.45) is 11.8 Å². The van der Waals surface area contributed by atoms with Gasteiger partial charge in [-0.05, 0) is 43.9 Å². The second-order valence-corrected chi connectivity index (χ2v) is 5.91. The Morgan fingerprint density at radius 1 is 1.17 bits per heavy atom. The fourth-order valence-corrected chi connectivity index (χ4v) is 2.73. The van der Waals surface area contributed by atoms with Crippen LogP contribution >= 0.6 is 0 Å². The molecule has 1 fully saturated rings. The summed E-state index contributed by atoms with van der Waals surface area (Å²) in [6, 6.07) is 0.638. The molecule has 0 unspecified atom stereocenters. The van der Waals surface area contributed by atoms with Crippen LogP contribution in [0.3, 0.4) is 0 Å². The lowest BCUT2D eigenvalue weighted by atomic mass is 9.80. The topological polar surface area (TPSA) is 41.1 Å². The molecule has 0 aromatic carbocycles. The van der Waals surface area contributed by atoms with E-state index in [4.69, 9.17) is 0 Å². The van der Waals surface area contributed by atoms with Crippen molar-refractivity contribution in [2.75, 3.05) is 13.1 Å². The molecule has 0 bridgehead atoms. The summed E-state index contributed by atoms with van der Waals surface area (Å²) < 4.78 is 0. The van der Waals surface area contributed by atoms with Gasteiger partial charge in [0.05, 0.1) is 0 Å². The van der Waals surface area contributed by atoms with Crippen molar-refractivity contribution in [1.29, 1.82) is 0 Å². The molecule has 3 heteroatoms. The van der Waals surface area contributed by atoms with E-state index in [1.807, 2.05) is 0 Å². The third-order valence-corrected chi connectivity index (χ3v) is 4.07. The summed E-state index contributed by atoms with van der Waals surface area (Å²) in [5, 5.41) is 6.44. The average Bonchev–Trinajstić information content (AvgIpc) is 2.37. The zero-order valence-corrected chi connectivity index (χ0v) is 12.3. The zero-order valence-electron chi connectivity index (χ0n) is 12.3. The Labute approximate surface area is 112 Å². The van der Waals surface area contributed by atoms with Crippen LogP contribution < -0.4 is 10.6 Å². The lowest BCUT2D eigenvalue weighted by molar-refractivity contribution is -0.121. The van der Waals surface area contributed by atoms with Crippen LogP contribution in [0.15, 0.2) is 0 Å². The van der Waals surface area contributed by atoms with Crippen molar-refractivity contribution >= 4 is 5.91 Å². The summed E-state index contributed by atoms with van der Waals surface area (Å²) in [7, 11) is 0. The molecule has 1 aliphatic rings. The molecule has 0 radical (unpaired) electrons. The van der Waals surface area contributed by atoms with Crippen LogP contribution in [0.2, 0.25) is 0 Å². The minimum atomic E-state index is 0.181. The molecule has 18 heavy (non-hydrogen) atoms. The summed E-state index contributed by atoms with van der Waals surface area (Å²) in [6.45, 7) is 8.36. The molecule has 1 aliphatic carbocycles. The van der Waals surface area contributed by atoms with Gasteiger partial charge in [0.2, 0.25) is 5.91 Å². The highest BCUT2D eigenvalue weighted by atomic mass is 16.1. The molecular weight excluding hydrogens is 224 g/mol. The van der Waals surface area contributed by atoms with Crippen molar-refractivity contribution in [2.45, 2.75) is 65.3 Å². The highest BCUT2D eigenvalue weighted by molar-refractivity contribution is 5.75. The molecule has 1 rings (SSSR count). The maximum atomic E-state index is 11.4. The van der Waals surface area contributed by atoms with E-state index in [0.29, 0.717) is 12.5 Å². The normalized spacial score (nSPS) is 24.2. The monoisotopic (exact) mass is 254 g/mol. The van der Waals surface area contributed by atoms with Gasteiger partial charge in [-0.25, -0.2) is 0 Å². The number of amides is 1. The smallest absolute Gasteiger partial charge is 0.221 e. The summed E-state index contributed by atoms with van der Waals surface area (Å²) in [6.07, 6.45) is 6.87. The predicted octanol–water partition coefficient (Wildman–Crippen LogP) is 2.71. The van der Waals surface area contributed by atoms with Gasteiger partial charge in [0, 0.05) is 25.6 Å². The summed E-state index contributed by atoms with van der Waals surface area (Å²) >= 11 is 0. The van der Waals surface area contributed by atoms with Crippen molar-refractivity contribution in [3.8, 4) is 0 Å². The molecule has 0 aromatic rings. The molecule has 1 amide bonds. The number of carbonyl (C=O) groups is 1. The number of nitrogens with one attached hydrogen (secondary N) is 2. The first-order valence-electron chi connectivity index (χ1n) is 7.63. The molecular formula is C15H30N2O. The molecule has 0 aromatic heterocycles. The molecule has 0 saturated heterocycles. The second kappa shape index (κ2) is 8.52. The molecule has 2 N–H and O–H groups in total.